The van der Waals surface area contributed by atoms with Gasteiger partial charge in [0.05, 0.1) is 24.2 Å². The van der Waals surface area contributed by atoms with Gasteiger partial charge in [-0.1, -0.05) is 13.3 Å². The number of carboxylic acids is 1. The van der Waals surface area contributed by atoms with Gasteiger partial charge < -0.3 is 25.5 Å². The van der Waals surface area contributed by atoms with Gasteiger partial charge in [-0.05, 0) is 68.6 Å². The largest absolute Gasteiger partial charge is 0.481 e. The van der Waals surface area contributed by atoms with Crippen molar-refractivity contribution < 1.29 is 30.3 Å². The average Bonchev–Trinajstić information content (AvgIpc) is 2.73. The Bertz CT molecular complexity index is 623. The van der Waals surface area contributed by atoms with Gasteiger partial charge in [-0.25, -0.2) is 0 Å². The summed E-state index contributed by atoms with van der Waals surface area (Å²) in [5.74, 6) is -1.40. The normalized spacial score (nSPS) is 58.8. The van der Waals surface area contributed by atoms with E-state index in [0.29, 0.717) is 32.1 Å². The van der Waals surface area contributed by atoms with Gasteiger partial charge >= 0.3 is 5.97 Å². The molecule has 4 aliphatic carbocycles. The van der Waals surface area contributed by atoms with E-state index in [9.17, 15) is 30.3 Å². The van der Waals surface area contributed by atoms with E-state index in [1.807, 2.05) is 6.92 Å². The van der Waals surface area contributed by atoms with Crippen molar-refractivity contribution in [2.24, 2.45) is 34.0 Å². The van der Waals surface area contributed by atoms with Crippen LogP contribution < -0.4 is 0 Å². The van der Waals surface area contributed by atoms with E-state index in [-0.39, 0.29) is 17.8 Å². The van der Waals surface area contributed by atoms with E-state index < -0.39 is 46.6 Å². The van der Waals surface area contributed by atoms with E-state index >= 15 is 0 Å². The van der Waals surface area contributed by atoms with Crippen LogP contribution in [0.4, 0.5) is 0 Å². The summed E-state index contributed by atoms with van der Waals surface area (Å²) in [5, 5.41) is 52.9. The highest BCUT2D eigenvalue weighted by Gasteiger charge is 2.74. The molecule has 1 spiro atoms. The third-order valence-corrected chi connectivity index (χ3v) is 9.21. The van der Waals surface area contributed by atoms with Crippen molar-refractivity contribution >= 4 is 5.97 Å². The van der Waals surface area contributed by atoms with Gasteiger partial charge in [0.2, 0.25) is 0 Å². The van der Waals surface area contributed by atoms with E-state index in [1.165, 1.54) is 0 Å². The quantitative estimate of drug-likeness (QED) is 0.499. The fourth-order valence-corrected chi connectivity index (χ4v) is 8.17. The first kappa shape index (κ1) is 18.7. The lowest BCUT2D eigenvalue weighted by Gasteiger charge is -2.64. The van der Waals surface area contributed by atoms with Crippen LogP contribution in [-0.2, 0) is 4.79 Å². The monoisotopic (exact) mass is 368 g/mol. The summed E-state index contributed by atoms with van der Waals surface area (Å²) in [6.45, 7) is 3.42. The Balaban J connectivity index is 1.81. The fraction of sp³-hybridized carbons (Fsp3) is 0.950. The zero-order chi connectivity index (χ0) is 19.1. The van der Waals surface area contributed by atoms with Gasteiger partial charge in [0.25, 0.3) is 0 Å². The lowest BCUT2D eigenvalue weighted by Crippen LogP contribution is -2.64. The molecule has 0 aromatic carbocycles. The molecule has 4 aliphatic rings. The first-order valence-corrected chi connectivity index (χ1v) is 9.99. The summed E-state index contributed by atoms with van der Waals surface area (Å²) < 4.78 is 0. The van der Waals surface area contributed by atoms with Crippen LogP contribution in [0.5, 0.6) is 0 Å². The zero-order valence-electron chi connectivity index (χ0n) is 15.7. The van der Waals surface area contributed by atoms with E-state index in [2.05, 4.69) is 6.92 Å². The molecule has 0 radical (unpaired) electrons. The third kappa shape index (κ3) is 1.94. The number of aliphatic hydroxyl groups is 4. The minimum absolute atomic E-state index is 0.0573. The molecule has 5 N–H and O–H groups in total. The van der Waals surface area contributed by atoms with Crippen molar-refractivity contribution in [3.05, 3.63) is 0 Å². The van der Waals surface area contributed by atoms with Crippen LogP contribution in [0, 0.1) is 34.0 Å². The van der Waals surface area contributed by atoms with E-state index in [4.69, 9.17) is 0 Å². The molecule has 4 fully saturated rings. The molecule has 0 heterocycles. The number of hydrogen-bond acceptors (Lipinski definition) is 5. The van der Waals surface area contributed by atoms with Crippen molar-refractivity contribution in [1.82, 2.24) is 0 Å². The van der Waals surface area contributed by atoms with Crippen molar-refractivity contribution in [2.45, 2.75) is 76.6 Å². The van der Waals surface area contributed by atoms with Gasteiger partial charge in [-0.2, -0.15) is 0 Å². The third-order valence-electron chi connectivity index (χ3n) is 9.21. The van der Waals surface area contributed by atoms with Crippen LogP contribution in [0.3, 0.4) is 0 Å². The maximum Gasteiger partial charge on any atom is 0.309 e. The molecule has 4 rings (SSSR count). The smallest absolute Gasteiger partial charge is 0.309 e. The Morgan fingerprint density at radius 1 is 1.15 bits per heavy atom. The molecule has 0 aromatic rings. The molecule has 6 nitrogen and oxygen atoms in total. The summed E-state index contributed by atoms with van der Waals surface area (Å²) in [7, 11) is 0. The number of hydrogen-bond donors (Lipinski definition) is 5. The highest BCUT2D eigenvalue weighted by molar-refractivity contribution is 5.75. The molecule has 6 heteroatoms. The van der Waals surface area contributed by atoms with Crippen LogP contribution in [0.2, 0.25) is 0 Å². The predicted octanol–water partition coefficient (Wildman–Crippen LogP) is 1.15. The Labute approximate surface area is 154 Å². The average molecular weight is 368 g/mol. The summed E-state index contributed by atoms with van der Waals surface area (Å²) >= 11 is 0. The van der Waals surface area contributed by atoms with Crippen LogP contribution >= 0.6 is 0 Å². The molecular weight excluding hydrogens is 336 g/mol. The lowest BCUT2D eigenvalue weighted by atomic mass is 9.40. The van der Waals surface area contributed by atoms with Crippen LogP contribution in [0.1, 0.15) is 58.8 Å². The highest BCUT2D eigenvalue weighted by Crippen LogP contribution is 2.72. The van der Waals surface area contributed by atoms with E-state index in [1.54, 1.807) is 0 Å². The second-order valence-corrected chi connectivity index (χ2v) is 10.1. The van der Waals surface area contributed by atoms with Crippen LogP contribution in [-0.4, -0.2) is 55.9 Å². The first-order chi connectivity index (χ1) is 12.1. The second kappa shape index (κ2) is 5.43. The molecular formula is C20H32O6. The Morgan fingerprint density at radius 3 is 2.46 bits per heavy atom. The summed E-state index contributed by atoms with van der Waals surface area (Å²) in [5.41, 5.74) is -3.41. The topological polar surface area (TPSA) is 118 Å². The molecule has 9 atom stereocenters. The number of rotatable bonds is 2. The highest BCUT2D eigenvalue weighted by atomic mass is 16.4. The van der Waals surface area contributed by atoms with Crippen molar-refractivity contribution in [2.75, 3.05) is 6.61 Å². The van der Waals surface area contributed by atoms with Crippen LogP contribution in [0.25, 0.3) is 0 Å². The van der Waals surface area contributed by atoms with Gasteiger partial charge in [0.1, 0.15) is 5.60 Å². The maximum absolute atomic E-state index is 12.1. The van der Waals surface area contributed by atoms with Gasteiger partial charge in [0, 0.05) is 5.41 Å². The molecule has 0 amide bonds. The summed E-state index contributed by atoms with van der Waals surface area (Å²) in [4.78, 5) is 12.1. The number of fused-ring (bicyclic) bond motifs is 3. The summed E-state index contributed by atoms with van der Waals surface area (Å²) in [6.07, 6.45) is 2.72. The first-order valence-electron chi connectivity index (χ1n) is 9.99. The molecule has 0 saturated heterocycles. The molecule has 4 saturated carbocycles. The molecule has 148 valence electrons. The molecule has 0 unspecified atom stereocenters. The lowest BCUT2D eigenvalue weighted by molar-refractivity contribution is -0.218. The Hall–Kier alpha value is -0.690. The fourth-order valence-electron chi connectivity index (χ4n) is 8.17. The van der Waals surface area contributed by atoms with Gasteiger partial charge in [0.15, 0.2) is 0 Å². The predicted molar refractivity (Wildman–Crippen MR) is 93.1 cm³/mol. The minimum atomic E-state index is -1.57. The maximum atomic E-state index is 12.1. The molecule has 2 bridgehead atoms. The number of aliphatic hydroxyl groups excluding tert-OH is 3. The zero-order valence-corrected chi connectivity index (χ0v) is 15.7. The van der Waals surface area contributed by atoms with E-state index in [0.717, 1.165) is 12.8 Å². The number of carboxylic acid groups (broad SMARTS) is 1. The Morgan fingerprint density at radius 2 is 1.85 bits per heavy atom. The van der Waals surface area contributed by atoms with Crippen LogP contribution in [0.15, 0.2) is 0 Å². The SMILES string of the molecule is C[C@@]12CCC[C@@](C)(C(=O)O)[C@H]1CC[C@@]13C[C@@H](C[C@H](O)[C@@H]21)[C@@](O)(CO)[C@H]3O. The number of aliphatic carboxylic acids is 1. The van der Waals surface area contributed by atoms with Crippen molar-refractivity contribution in [1.29, 1.82) is 0 Å². The Kier molecular flexibility index (Phi) is 3.90. The second-order valence-electron chi connectivity index (χ2n) is 10.1. The van der Waals surface area contributed by atoms with Gasteiger partial charge in [-0.15, -0.1) is 0 Å². The minimum Gasteiger partial charge on any atom is -0.481 e. The van der Waals surface area contributed by atoms with Crippen molar-refractivity contribution in [3.8, 4) is 0 Å². The number of carbonyl (C=O) groups is 1. The molecule has 26 heavy (non-hydrogen) atoms. The van der Waals surface area contributed by atoms with Crippen molar-refractivity contribution in [3.63, 3.8) is 0 Å². The van der Waals surface area contributed by atoms with Gasteiger partial charge in [-0.3, -0.25) is 4.79 Å². The molecule has 0 aromatic heterocycles. The molecule has 0 aliphatic heterocycles. The standard InChI is InChI=1S/C20H32O6/c1-17-5-3-6-18(2,16(24)25)13(17)4-7-19-9-11(8-12(22)14(17)19)20(26,10-21)15(19)23/h11-15,21-23,26H,3-10H2,1-2H3,(H,24,25)/t11-,12+,13+,14+,15+,17-,18-,19-,20+/m1/s1. The summed E-state index contributed by atoms with van der Waals surface area (Å²) in [6, 6.07) is 0.